The van der Waals surface area contributed by atoms with Gasteiger partial charge >= 0.3 is 17.9 Å². The molecule has 0 N–H and O–H groups in total. The quantitative estimate of drug-likeness (QED) is 0.0261. The molecule has 6 nitrogen and oxygen atoms in total. The van der Waals surface area contributed by atoms with Crippen LogP contribution in [0.5, 0.6) is 0 Å². The summed E-state index contributed by atoms with van der Waals surface area (Å²) in [4.78, 5) is 38.2. The van der Waals surface area contributed by atoms with E-state index in [0.29, 0.717) is 19.3 Å². The lowest BCUT2D eigenvalue weighted by Gasteiger charge is -2.18. The highest BCUT2D eigenvalue weighted by Gasteiger charge is 2.19. The van der Waals surface area contributed by atoms with Crippen LogP contribution in [-0.4, -0.2) is 37.2 Å². The van der Waals surface area contributed by atoms with Crippen molar-refractivity contribution in [2.24, 2.45) is 0 Å². The molecule has 0 saturated carbocycles. The molecule has 0 heterocycles. The van der Waals surface area contributed by atoms with E-state index in [4.69, 9.17) is 14.2 Å². The van der Waals surface area contributed by atoms with Gasteiger partial charge in [-0.1, -0.05) is 327 Å². The second kappa shape index (κ2) is 66.1. The molecule has 0 aromatic heterocycles. The van der Waals surface area contributed by atoms with Crippen LogP contribution in [0.25, 0.3) is 0 Å². The van der Waals surface area contributed by atoms with Crippen molar-refractivity contribution < 1.29 is 28.6 Å². The number of hydrogen-bond acceptors (Lipinski definition) is 6. The van der Waals surface area contributed by atoms with Gasteiger partial charge in [0.2, 0.25) is 0 Å². The van der Waals surface area contributed by atoms with Gasteiger partial charge in [-0.05, 0) is 70.6 Å². The maximum absolute atomic E-state index is 12.9. The summed E-state index contributed by atoms with van der Waals surface area (Å²) in [7, 11) is 0. The molecule has 0 radical (unpaired) electrons. The van der Waals surface area contributed by atoms with E-state index in [1.807, 2.05) is 0 Å². The molecule has 0 aromatic carbocycles. The van der Waals surface area contributed by atoms with Gasteiger partial charge in [0.05, 0.1) is 0 Å². The SMILES string of the molecule is CCC/C=C\CCCCCCCC(=O)OCC(COC(=O)CCCCCCCCCCCCCCCCCCCCCCCCCCCCCCCCC)OC(=O)CCCCCCCCC/C=C\C/C=C\CCCCCC. The van der Waals surface area contributed by atoms with Crippen LogP contribution in [0.4, 0.5) is 0 Å². The van der Waals surface area contributed by atoms with Crippen molar-refractivity contribution in [3.05, 3.63) is 36.5 Å². The number of allylic oxidation sites excluding steroid dienone is 6. The molecule has 0 aliphatic heterocycles. The first-order chi connectivity index (χ1) is 38.0. The van der Waals surface area contributed by atoms with Crippen LogP contribution >= 0.6 is 0 Å². The highest BCUT2D eigenvalue weighted by atomic mass is 16.6. The molecule has 0 aromatic rings. The third-order valence-electron chi connectivity index (χ3n) is 15.6. The molecule has 0 rings (SSSR count). The maximum atomic E-state index is 12.9. The minimum Gasteiger partial charge on any atom is -0.462 e. The van der Waals surface area contributed by atoms with Crippen LogP contribution < -0.4 is 0 Å². The van der Waals surface area contributed by atoms with Crippen LogP contribution in [0.1, 0.15) is 380 Å². The van der Waals surface area contributed by atoms with Crippen LogP contribution in [0, 0.1) is 0 Å². The summed E-state index contributed by atoms with van der Waals surface area (Å²) < 4.78 is 16.9. The van der Waals surface area contributed by atoms with Crippen LogP contribution in [-0.2, 0) is 28.6 Å². The first kappa shape index (κ1) is 74.6. The van der Waals surface area contributed by atoms with Gasteiger partial charge in [0.25, 0.3) is 0 Å². The summed E-state index contributed by atoms with van der Waals surface area (Å²) in [6, 6.07) is 0. The third-order valence-corrected chi connectivity index (χ3v) is 15.6. The van der Waals surface area contributed by atoms with Crippen LogP contribution in [0.15, 0.2) is 36.5 Å². The van der Waals surface area contributed by atoms with E-state index in [2.05, 4.69) is 57.2 Å². The van der Waals surface area contributed by atoms with Crippen LogP contribution in [0.3, 0.4) is 0 Å². The molecule has 0 aliphatic rings. The number of carbonyl (C=O) groups is 3. The second-order valence-corrected chi connectivity index (χ2v) is 23.4. The Kier molecular flexibility index (Phi) is 64.1. The van der Waals surface area contributed by atoms with Crippen molar-refractivity contribution in [3.8, 4) is 0 Å². The summed E-state index contributed by atoms with van der Waals surface area (Å²) in [5.74, 6) is -0.871. The number of rotatable bonds is 64. The van der Waals surface area contributed by atoms with Crippen molar-refractivity contribution in [3.63, 3.8) is 0 Å². The van der Waals surface area contributed by atoms with E-state index >= 15 is 0 Å². The Morgan fingerprint density at radius 2 is 0.494 bits per heavy atom. The first-order valence-corrected chi connectivity index (χ1v) is 34.5. The Labute approximate surface area is 480 Å². The lowest BCUT2D eigenvalue weighted by molar-refractivity contribution is -0.167. The van der Waals surface area contributed by atoms with E-state index in [1.165, 1.54) is 257 Å². The largest absolute Gasteiger partial charge is 0.462 e. The number of hydrogen-bond donors (Lipinski definition) is 0. The van der Waals surface area contributed by atoms with Gasteiger partial charge in [0, 0.05) is 19.3 Å². The van der Waals surface area contributed by atoms with Crippen molar-refractivity contribution in [1.82, 2.24) is 0 Å². The second-order valence-electron chi connectivity index (χ2n) is 23.4. The monoisotopic (exact) mass is 1080 g/mol. The van der Waals surface area contributed by atoms with Gasteiger partial charge in [-0.3, -0.25) is 14.4 Å². The molecule has 0 amide bonds. The van der Waals surface area contributed by atoms with Crippen molar-refractivity contribution in [2.45, 2.75) is 386 Å². The Bertz CT molecular complexity index is 1290. The molecule has 6 heteroatoms. The predicted molar refractivity (Wildman–Crippen MR) is 335 cm³/mol. The Balaban J connectivity index is 4.08. The van der Waals surface area contributed by atoms with Crippen LogP contribution in [0.2, 0.25) is 0 Å². The number of ether oxygens (including phenoxy) is 3. The van der Waals surface area contributed by atoms with Gasteiger partial charge in [-0.2, -0.15) is 0 Å². The lowest BCUT2D eigenvalue weighted by Crippen LogP contribution is -2.30. The predicted octanol–water partition coefficient (Wildman–Crippen LogP) is 23.6. The minimum absolute atomic E-state index is 0.0742. The fraction of sp³-hybridized carbons (Fsp3) is 0.873. The molecule has 0 bridgehead atoms. The van der Waals surface area contributed by atoms with Gasteiger partial charge < -0.3 is 14.2 Å². The van der Waals surface area contributed by atoms with Gasteiger partial charge in [-0.15, -0.1) is 0 Å². The van der Waals surface area contributed by atoms with Gasteiger partial charge in [-0.25, -0.2) is 0 Å². The molecular weight excluding hydrogens is 949 g/mol. The zero-order valence-electron chi connectivity index (χ0n) is 52.0. The molecular formula is C71H132O6. The number of esters is 3. The smallest absolute Gasteiger partial charge is 0.306 e. The molecule has 452 valence electrons. The number of unbranched alkanes of at least 4 members (excludes halogenated alkanes) is 47. The van der Waals surface area contributed by atoms with Gasteiger partial charge in [0.15, 0.2) is 6.10 Å². The zero-order chi connectivity index (χ0) is 55.7. The fourth-order valence-electron chi connectivity index (χ4n) is 10.4. The standard InChI is InChI=1S/C71H132O6/c1-4-7-10-13-16-19-22-24-26-28-30-31-32-33-34-35-36-37-38-39-40-41-42-44-45-47-49-52-55-58-61-64-70(73)76-67-68(66-75-69(72)63-60-57-54-51-21-18-15-12-9-6-3)77-71(74)65-62-59-56-53-50-48-46-43-29-27-25-23-20-17-14-11-8-5-2/h12,15,20,23,27,29,68H,4-11,13-14,16-19,21-22,24-26,28,30-67H2,1-3H3/b15-12-,23-20-,29-27-. The molecule has 0 spiro atoms. The van der Waals surface area contributed by atoms with E-state index in [9.17, 15) is 14.4 Å². The Hall–Kier alpha value is -2.37. The molecule has 0 fully saturated rings. The Morgan fingerprint density at radius 3 is 0.792 bits per heavy atom. The summed E-state index contributed by atoms with van der Waals surface area (Å²) >= 11 is 0. The normalized spacial score (nSPS) is 12.2. The summed E-state index contributed by atoms with van der Waals surface area (Å²) in [5, 5.41) is 0. The lowest BCUT2D eigenvalue weighted by atomic mass is 10.0. The Morgan fingerprint density at radius 1 is 0.260 bits per heavy atom. The van der Waals surface area contributed by atoms with E-state index in [0.717, 1.165) is 83.5 Å². The van der Waals surface area contributed by atoms with E-state index < -0.39 is 6.10 Å². The van der Waals surface area contributed by atoms with Crippen molar-refractivity contribution in [2.75, 3.05) is 13.2 Å². The zero-order valence-corrected chi connectivity index (χ0v) is 52.0. The summed E-state index contributed by atoms with van der Waals surface area (Å²) in [6.45, 7) is 6.61. The molecule has 0 saturated heterocycles. The summed E-state index contributed by atoms with van der Waals surface area (Å²) in [6.07, 6.45) is 82.0. The fourth-order valence-corrected chi connectivity index (χ4v) is 10.4. The van der Waals surface area contributed by atoms with Crippen molar-refractivity contribution >= 4 is 17.9 Å². The topological polar surface area (TPSA) is 78.9 Å². The first-order valence-electron chi connectivity index (χ1n) is 34.5. The molecule has 77 heavy (non-hydrogen) atoms. The van der Waals surface area contributed by atoms with Gasteiger partial charge in [0.1, 0.15) is 13.2 Å². The van der Waals surface area contributed by atoms with E-state index in [-0.39, 0.29) is 31.1 Å². The third kappa shape index (κ3) is 64.3. The highest BCUT2D eigenvalue weighted by molar-refractivity contribution is 5.71. The molecule has 1 atom stereocenters. The maximum Gasteiger partial charge on any atom is 0.306 e. The van der Waals surface area contributed by atoms with E-state index in [1.54, 1.807) is 0 Å². The minimum atomic E-state index is -0.778. The summed E-state index contributed by atoms with van der Waals surface area (Å²) in [5.41, 5.74) is 0. The average Bonchev–Trinajstić information content (AvgIpc) is 3.43. The number of carbonyl (C=O) groups excluding carboxylic acids is 3. The highest BCUT2D eigenvalue weighted by Crippen LogP contribution is 2.18. The van der Waals surface area contributed by atoms with Crippen molar-refractivity contribution in [1.29, 1.82) is 0 Å². The average molecular weight is 1080 g/mol. The molecule has 0 aliphatic carbocycles. The molecule has 1 unspecified atom stereocenters.